The number of carbonyl (C=O) groups excluding carboxylic acids is 1. The van der Waals surface area contributed by atoms with Gasteiger partial charge >= 0.3 is 6.18 Å². The molecule has 1 aliphatic rings. The van der Waals surface area contributed by atoms with E-state index in [-0.39, 0.29) is 5.69 Å². The number of aromatic nitrogens is 3. The Bertz CT molecular complexity index is 1270. The van der Waals surface area contributed by atoms with E-state index in [1.165, 1.54) is 0 Å². The van der Waals surface area contributed by atoms with Crippen molar-refractivity contribution < 1.29 is 22.7 Å². The monoisotopic (exact) mass is 468 g/mol. The molecular weight excluding hydrogens is 449 g/mol. The van der Waals surface area contributed by atoms with Gasteiger partial charge in [-0.3, -0.25) is 4.79 Å². The minimum atomic E-state index is -4.82. The molecule has 8 nitrogen and oxygen atoms in total. The van der Waals surface area contributed by atoms with Gasteiger partial charge in [-0.2, -0.15) is 23.5 Å². The first-order valence-corrected chi connectivity index (χ1v) is 10.3. The number of hydrogen-bond donors (Lipinski definition) is 1. The number of hydrogen-bond acceptors (Lipinski definition) is 7. The first-order valence-electron chi connectivity index (χ1n) is 10.3. The molecule has 0 bridgehead atoms. The number of carbonyl (C=O) groups is 1. The first kappa shape index (κ1) is 23.1. The van der Waals surface area contributed by atoms with Crippen molar-refractivity contribution in [3.8, 4) is 17.2 Å². The van der Waals surface area contributed by atoms with Gasteiger partial charge in [-0.15, -0.1) is 5.10 Å². The van der Waals surface area contributed by atoms with Crippen LogP contribution >= 0.6 is 0 Å². The molecule has 174 valence electrons. The lowest BCUT2D eigenvalue weighted by Gasteiger charge is -2.28. The number of amides is 1. The number of anilines is 2. The van der Waals surface area contributed by atoms with E-state index in [1.807, 2.05) is 11.8 Å². The number of rotatable bonds is 4. The van der Waals surface area contributed by atoms with Crippen molar-refractivity contribution in [2.24, 2.45) is 0 Å². The Hall–Kier alpha value is -4.04. The number of pyridine rings is 1. The standard InChI is InChI=1S/C23H19F3N6O2/c1-14-2-3-17(30-22(33)18-4-5-29-31-20(18)23(24,25)26)11-19(14)16-10-15(12-27)21(28-13-16)32-6-8-34-9-7-32/h2-5,10-11,13H,6-9H2,1H3,(H,30,33). The topological polar surface area (TPSA) is 104 Å². The predicted molar refractivity (Wildman–Crippen MR) is 117 cm³/mol. The van der Waals surface area contributed by atoms with Gasteiger partial charge in [0, 0.05) is 30.5 Å². The number of nitrogens with zero attached hydrogens (tertiary/aromatic N) is 5. The van der Waals surface area contributed by atoms with Crippen LogP contribution in [0.25, 0.3) is 11.1 Å². The smallest absolute Gasteiger partial charge is 0.378 e. The lowest BCUT2D eigenvalue weighted by molar-refractivity contribution is -0.142. The molecule has 0 unspecified atom stereocenters. The molecule has 0 radical (unpaired) electrons. The van der Waals surface area contributed by atoms with Gasteiger partial charge in [-0.25, -0.2) is 4.98 Å². The van der Waals surface area contributed by atoms with Crippen molar-refractivity contribution in [3.63, 3.8) is 0 Å². The molecule has 4 rings (SSSR count). The van der Waals surface area contributed by atoms with Crippen LogP contribution in [0.3, 0.4) is 0 Å². The van der Waals surface area contributed by atoms with Crippen molar-refractivity contribution in [3.05, 3.63) is 65.1 Å². The highest BCUT2D eigenvalue weighted by molar-refractivity contribution is 6.05. The zero-order valence-electron chi connectivity index (χ0n) is 18.1. The average molecular weight is 468 g/mol. The Morgan fingerprint density at radius 1 is 1.21 bits per heavy atom. The van der Waals surface area contributed by atoms with Crippen molar-refractivity contribution in [1.82, 2.24) is 15.2 Å². The summed E-state index contributed by atoms with van der Waals surface area (Å²) >= 11 is 0. The third-order valence-corrected chi connectivity index (χ3v) is 5.34. The van der Waals surface area contributed by atoms with Crippen LogP contribution in [0, 0.1) is 18.3 Å². The molecule has 0 spiro atoms. The van der Waals surface area contributed by atoms with Crippen LogP contribution in [0.4, 0.5) is 24.7 Å². The van der Waals surface area contributed by atoms with Crippen molar-refractivity contribution in [1.29, 1.82) is 5.26 Å². The molecule has 0 saturated carbocycles. The molecule has 1 amide bonds. The number of ether oxygens (including phenoxy) is 1. The molecule has 1 aliphatic heterocycles. The molecule has 1 saturated heterocycles. The van der Waals surface area contributed by atoms with Gasteiger partial charge < -0.3 is 15.0 Å². The Labute approximate surface area is 193 Å². The quantitative estimate of drug-likeness (QED) is 0.621. The second-order valence-electron chi connectivity index (χ2n) is 7.58. The van der Waals surface area contributed by atoms with E-state index in [1.54, 1.807) is 30.5 Å². The van der Waals surface area contributed by atoms with Crippen LogP contribution in [0.5, 0.6) is 0 Å². The number of benzene rings is 1. The molecular formula is C23H19F3N6O2. The summed E-state index contributed by atoms with van der Waals surface area (Å²) in [6.45, 7) is 4.21. The summed E-state index contributed by atoms with van der Waals surface area (Å²) in [5, 5.41) is 18.5. The Kier molecular flexibility index (Phi) is 6.43. The van der Waals surface area contributed by atoms with Crippen molar-refractivity contribution in [2.45, 2.75) is 13.1 Å². The van der Waals surface area contributed by atoms with E-state index >= 15 is 0 Å². The zero-order valence-corrected chi connectivity index (χ0v) is 18.1. The zero-order chi connectivity index (χ0) is 24.3. The molecule has 3 aromatic rings. The maximum Gasteiger partial charge on any atom is 0.435 e. The van der Waals surface area contributed by atoms with E-state index in [9.17, 15) is 23.2 Å². The number of nitrogens with one attached hydrogen (secondary N) is 1. The third kappa shape index (κ3) is 4.82. The second kappa shape index (κ2) is 9.44. The van der Waals surface area contributed by atoms with Gasteiger partial charge in [0.05, 0.1) is 30.5 Å². The van der Waals surface area contributed by atoms with Crippen molar-refractivity contribution >= 4 is 17.4 Å². The van der Waals surface area contributed by atoms with E-state index in [4.69, 9.17) is 4.74 Å². The number of alkyl halides is 3. The number of aryl methyl sites for hydroxylation is 1. The fourth-order valence-electron chi connectivity index (χ4n) is 3.65. The SMILES string of the molecule is Cc1ccc(NC(=O)c2ccnnc2C(F)(F)F)cc1-c1cnc(N2CCOCC2)c(C#N)c1. The number of nitriles is 1. The molecule has 1 fully saturated rings. The maximum absolute atomic E-state index is 13.2. The lowest BCUT2D eigenvalue weighted by atomic mass is 9.99. The molecule has 11 heteroatoms. The van der Waals surface area contributed by atoms with Crippen LogP contribution in [-0.4, -0.2) is 47.4 Å². The predicted octanol–water partition coefficient (Wildman–Crippen LogP) is 3.83. The Balaban J connectivity index is 1.63. The van der Waals surface area contributed by atoms with E-state index in [0.29, 0.717) is 48.8 Å². The first-order chi connectivity index (χ1) is 16.3. The number of halogens is 3. The van der Waals surface area contributed by atoms with Gasteiger partial charge in [-0.1, -0.05) is 6.07 Å². The fraction of sp³-hybridized carbons (Fsp3) is 0.261. The average Bonchev–Trinajstić information content (AvgIpc) is 2.84. The lowest BCUT2D eigenvalue weighted by Crippen LogP contribution is -2.37. The number of morpholine rings is 1. The minimum Gasteiger partial charge on any atom is -0.378 e. The Morgan fingerprint density at radius 2 is 1.97 bits per heavy atom. The van der Waals surface area contributed by atoms with Gasteiger partial charge in [0.15, 0.2) is 5.69 Å². The molecule has 0 atom stereocenters. The summed E-state index contributed by atoms with van der Waals surface area (Å²) in [6, 6.07) is 9.79. The molecule has 1 aromatic carbocycles. The summed E-state index contributed by atoms with van der Waals surface area (Å²) in [6.07, 6.45) is -2.16. The van der Waals surface area contributed by atoms with Crippen LogP contribution in [0.1, 0.15) is 27.2 Å². The largest absolute Gasteiger partial charge is 0.435 e. The second-order valence-corrected chi connectivity index (χ2v) is 7.58. The summed E-state index contributed by atoms with van der Waals surface area (Å²) in [4.78, 5) is 19.1. The summed E-state index contributed by atoms with van der Waals surface area (Å²) in [7, 11) is 0. The molecule has 0 aliphatic carbocycles. The van der Waals surface area contributed by atoms with Crippen LogP contribution < -0.4 is 10.2 Å². The van der Waals surface area contributed by atoms with Gasteiger partial charge in [0.2, 0.25) is 0 Å². The highest BCUT2D eigenvalue weighted by Crippen LogP contribution is 2.32. The summed E-state index contributed by atoms with van der Waals surface area (Å²) < 4.78 is 44.9. The van der Waals surface area contributed by atoms with E-state index < -0.39 is 23.3 Å². The van der Waals surface area contributed by atoms with Gasteiger partial charge in [-0.05, 0) is 42.3 Å². The van der Waals surface area contributed by atoms with Crippen molar-refractivity contribution in [2.75, 3.05) is 36.5 Å². The molecule has 1 N–H and O–H groups in total. The highest BCUT2D eigenvalue weighted by atomic mass is 19.4. The normalized spacial score (nSPS) is 13.9. The van der Waals surface area contributed by atoms with Gasteiger partial charge in [0.1, 0.15) is 11.9 Å². The van der Waals surface area contributed by atoms with Gasteiger partial charge in [0.25, 0.3) is 5.91 Å². The molecule has 3 heterocycles. The molecule has 34 heavy (non-hydrogen) atoms. The van der Waals surface area contributed by atoms with Crippen LogP contribution in [0.2, 0.25) is 0 Å². The fourth-order valence-corrected chi connectivity index (χ4v) is 3.65. The molecule has 2 aromatic heterocycles. The third-order valence-electron chi connectivity index (χ3n) is 5.34. The maximum atomic E-state index is 13.2. The van der Waals surface area contributed by atoms with Crippen LogP contribution in [0.15, 0.2) is 42.7 Å². The van der Waals surface area contributed by atoms with E-state index in [0.717, 1.165) is 17.8 Å². The summed E-state index contributed by atoms with van der Waals surface area (Å²) in [5.74, 6) is -0.392. The minimum absolute atomic E-state index is 0.284. The van der Waals surface area contributed by atoms with E-state index in [2.05, 4.69) is 26.6 Å². The van der Waals surface area contributed by atoms with Crippen LogP contribution in [-0.2, 0) is 10.9 Å². The highest BCUT2D eigenvalue weighted by Gasteiger charge is 2.37. The Morgan fingerprint density at radius 3 is 2.68 bits per heavy atom. The summed E-state index contributed by atoms with van der Waals surface area (Å²) in [5.41, 5.74) is 0.846.